The molecule has 0 aliphatic carbocycles. The number of hydrazine groups is 1. The van der Waals surface area contributed by atoms with Gasteiger partial charge in [-0.15, -0.1) is 11.8 Å². The van der Waals surface area contributed by atoms with E-state index in [0.717, 1.165) is 23.5 Å². The summed E-state index contributed by atoms with van der Waals surface area (Å²) in [6.45, 7) is 3.06. The van der Waals surface area contributed by atoms with Crippen LogP contribution in [0.1, 0.15) is 18.9 Å². The Morgan fingerprint density at radius 1 is 1.42 bits per heavy atom. The molecule has 3 heterocycles. The van der Waals surface area contributed by atoms with Gasteiger partial charge >= 0.3 is 0 Å². The highest BCUT2D eigenvalue weighted by molar-refractivity contribution is 8.00. The van der Waals surface area contributed by atoms with Crippen molar-refractivity contribution < 1.29 is 9.53 Å². The van der Waals surface area contributed by atoms with Crippen LogP contribution in [-0.4, -0.2) is 50.8 Å². The number of thioether (sulfide) groups is 1. The fourth-order valence-corrected chi connectivity index (χ4v) is 5.29. The Labute approximate surface area is 150 Å². The number of carbonyl (C=O) groups excluding carboxylic acids is 1. The van der Waals surface area contributed by atoms with E-state index in [-0.39, 0.29) is 23.5 Å². The van der Waals surface area contributed by atoms with E-state index in [1.165, 1.54) is 0 Å². The lowest BCUT2D eigenvalue weighted by atomic mass is 10.0. The Kier molecular flexibility index (Phi) is 4.28. The van der Waals surface area contributed by atoms with Crippen molar-refractivity contribution in [2.45, 2.75) is 37.5 Å². The summed E-state index contributed by atoms with van der Waals surface area (Å²) in [5.41, 5.74) is 7.19. The number of hydrogen-bond donors (Lipinski definition) is 2. The maximum absolute atomic E-state index is 13.1. The number of carbonyl (C=O) groups is 1. The molecule has 3 atom stereocenters. The van der Waals surface area contributed by atoms with E-state index in [1.54, 1.807) is 11.8 Å². The van der Waals surface area contributed by atoms with Crippen LogP contribution in [0.5, 0.6) is 5.75 Å². The third kappa shape index (κ3) is 2.53. The van der Waals surface area contributed by atoms with Crippen LogP contribution in [0.15, 0.2) is 24.3 Å². The summed E-state index contributed by atoms with van der Waals surface area (Å²) in [5, 5.41) is 0.633. The zero-order chi connectivity index (χ0) is 16.7. The van der Waals surface area contributed by atoms with Crippen LogP contribution in [0.3, 0.4) is 0 Å². The van der Waals surface area contributed by atoms with Gasteiger partial charge < -0.3 is 14.5 Å². The van der Waals surface area contributed by atoms with Crippen molar-refractivity contribution in [1.82, 2.24) is 20.7 Å². The summed E-state index contributed by atoms with van der Waals surface area (Å²) in [7, 11) is 0. The standard InChI is InChI=1S/C16H20N4O2S2/c1-2-22-12-6-4-3-5-10(12)9-19-14(21)13-11(7-8-24-13)20-15(19)17-18-16(20)23/h3-6,11,13,15,17H,2,7-9H2,1H3,(H,18,23). The Morgan fingerprint density at radius 3 is 3.08 bits per heavy atom. The molecular formula is C16H20N4O2S2. The van der Waals surface area contributed by atoms with E-state index >= 15 is 0 Å². The lowest BCUT2D eigenvalue weighted by molar-refractivity contribution is -0.144. The van der Waals surface area contributed by atoms with Crippen molar-refractivity contribution in [3.8, 4) is 5.75 Å². The van der Waals surface area contributed by atoms with Crippen LogP contribution < -0.4 is 15.6 Å². The molecule has 8 heteroatoms. The maximum atomic E-state index is 13.1. The molecule has 0 saturated carbocycles. The molecule has 3 unspecified atom stereocenters. The van der Waals surface area contributed by atoms with E-state index in [1.807, 2.05) is 36.1 Å². The molecule has 0 bridgehead atoms. The molecule has 1 amide bonds. The minimum Gasteiger partial charge on any atom is -0.494 e. The van der Waals surface area contributed by atoms with Crippen LogP contribution in [-0.2, 0) is 11.3 Å². The van der Waals surface area contributed by atoms with Crippen LogP contribution in [0.2, 0.25) is 0 Å². The van der Waals surface area contributed by atoms with Gasteiger partial charge in [0, 0.05) is 5.56 Å². The Balaban J connectivity index is 1.64. The second-order valence-corrected chi connectivity index (χ2v) is 7.65. The van der Waals surface area contributed by atoms with Crippen LogP contribution >= 0.6 is 24.0 Å². The first-order valence-corrected chi connectivity index (χ1v) is 9.63. The second-order valence-electron chi connectivity index (χ2n) is 6.01. The molecule has 3 aliphatic rings. The number of thiocarbonyl (C=S) groups is 1. The summed E-state index contributed by atoms with van der Waals surface area (Å²) in [6.07, 6.45) is 0.754. The van der Waals surface area contributed by atoms with Gasteiger partial charge in [0.2, 0.25) is 5.91 Å². The monoisotopic (exact) mass is 364 g/mol. The van der Waals surface area contributed by atoms with Gasteiger partial charge in [0.1, 0.15) is 11.0 Å². The minimum absolute atomic E-state index is 0.0415. The average molecular weight is 364 g/mol. The number of nitrogens with zero attached hydrogens (tertiary/aromatic N) is 2. The van der Waals surface area contributed by atoms with Gasteiger partial charge in [-0.25, -0.2) is 0 Å². The predicted molar refractivity (Wildman–Crippen MR) is 97.3 cm³/mol. The summed E-state index contributed by atoms with van der Waals surface area (Å²) >= 11 is 7.18. The third-order valence-corrected chi connectivity index (χ3v) is 6.32. The molecule has 1 aromatic rings. The first-order valence-electron chi connectivity index (χ1n) is 8.17. The Bertz CT molecular complexity index is 671. The molecule has 4 rings (SSSR count). The summed E-state index contributed by atoms with van der Waals surface area (Å²) < 4.78 is 5.71. The number of ether oxygens (including phenoxy) is 1. The summed E-state index contributed by atoms with van der Waals surface area (Å²) in [6, 6.07) is 8.06. The molecule has 3 saturated heterocycles. The van der Waals surface area contributed by atoms with Gasteiger partial charge in [-0.05, 0) is 37.4 Å². The predicted octanol–water partition coefficient (Wildman–Crippen LogP) is 1.28. The molecule has 3 fully saturated rings. The SMILES string of the molecule is CCOc1ccccc1CN1C(=O)C2SCCC2N2C(=S)NNC12. The summed E-state index contributed by atoms with van der Waals surface area (Å²) in [5.74, 6) is 2.00. The van der Waals surface area contributed by atoms with Gasteiger partial charge in [0.15, 0.2) is 11.4 Å². The Hall–Kier alpha value is -1.51. The first kappa shape index (κ1) is 16.0. The van der Waals surface area contributed by atoms with Crippen molar-refractivity contribution in [2.24, 2.45) is 0 Å². The lowest BCUT2D eigenvalue weighted by Gasteiger charge is -2.45. The number of amides is 1. The van der Waals surface area contributed by atoms with Crippen molar-refractivity contribution in [3.63, 3.8) is 0 Å². The van der Waals surface area contributed by atoms with Crippen LogP contribution in [0, 0.1) is 0 Å². The molecule has 1 aromatic carbocycles. The number of para-hydroxylation sites is 1. The second kappa shape index (κ2) is 6.42. The van der Waals surface area contributed by atoms with Crippen LogP contribution in [0.4, 0.5) is 0 Å². The highest BCUT2D eigenvalue weighted by atomic mass is 32.2. The lowest BCUT2D eigenvalue weighted by Crippen LogP contribution is -2.65. The van der Waals surface area contributed by atoms with Crippen molar-refractivity contribution in [1.29, 1.82) is 0 Å². The molecule has 6 nitrogen and oxygen atoms in total. The van der Waals surface area contributed by atoms with Crippen LogP contribution in [0.25, 0.3) is 0 Å². The molecule has 2 N–H and O–H groups in total. The Morgan fingerprint density at radius 2 is 2.25 bits per heavy atom. The summed E-state index contributed by atoms with van der Waals surface area (Å²) in [4.78, 5) is 17.1. The number of fused-ring (bicyclic) bond motifs is 3. The fourth-order valence-electron chi connectivity index (χ4n) is 3.59. The molecule has 3 aliphatic heterocycles. The quantitative estimate of drug-likeness (QED) is 0.781. The molecular weight excluding hydrogens is 344 g/mol. The van der Waals surface area contributed by atoms with Gasteiger partial charge in [0.25, 0.3) is 0 Å². The number of rotatable bonds is 4. The average Bonchev–Trinajstić information content (AvgIpc) is 3.20. The minimum atomic E-state index is -0.236. The van der Waals surface area contributed by atoms with E-state index in [0.29, 0.717) is 18.3 Å². The third-order valence-electron chi connectivity index (χ3n) is 4.66. The van der Waals surface area contributed by atoms with Gasteiger partial charge in [-0.2, -0.15) is 5.43 Å². The highest BCUT2D eigenvalue weighted by Gasteiger charge is 2.52. The number of hydrogen-bond acceptors (Lipinski definition) is 5. The van der Waals surface area contributed by atoms with E-state index < -0.39 is 0 Å². The van der Waals surface area contributed by atoms with Crippen molar-refractivity contribution in [2.75, 3.05) is 12.4 Å². The normalized spacial score (nSPS) is 28.6. The van der Waals surface area contributed by atoms with Crippen molar-refractivity contribution in [3.05, 3.63) is 29.8 Å². The fraction of sp³-hybridized carbons (Fsp3) is 0.500. The van der Waals surface area contributed by atoms with Gasteiger partial charge in [-0.1, -0.05) is 18.2 Å². The zero-order valence-electron chi connectivity index (χ0n) is 13.4. The van der Waals surface area contributed by atoms with Gasteiger partial charge in [0.05, 0.1) is 19.2 Å². The molecule has 128 valence electrons. The van der Waals surface area contributed by atoms with Gasteiger partial charge in [-0.3, -0.25) is 10.2 Å². The number of benzene rings is 1. The molecule has 0 spiro atoms. The largest absolute Gasteiger partial charge is 0.494 e. The zero-order valence-corrected chi connectivity index (χ0v) is 15.0. The smallest absolute Gasteiger partial charge is 0.240 e. The number of nitrogens with one attached hydrogen (secondary N) is 2. The molecule has 0 aromatic heterocycles. The van der Waals surface area contributed by atoms with E-state index in [2.05, 4.69) is 15.8 Å². The molecule has 0 radical (unpaired) electrons. The topological polar surface area (TPSA) is 56.8 Å². The van der Waals surface area contributed by atoms with E-state index in [9.17, 15) is 4.79 Å². The maximum Gasteiger partial charge on any atom is 0.240 e. The van der Waals surface area contributed by atoms with Crippen molar-refractivity contribution >= 4 is 35.0 Å². The molecule has 24 heavy (non-hydrogen) atoms. The van der Waals surface area contributed by atoms with E-state index in [4.69, 9.17) is 17.0 Å². The highest BCUT2D eigenvalue weighted by Crippen LogP contribution is 2.39. The first-order chi connectivity index (χ1) is 11.7.